The molecule has 1 aromatic rings. The SMILES string of the molecule is COC1CCN(C(=O)Cc2cccc(Cl)c2Br)CC1. The maximum Gasteiger partial charge on any atom is 0.227 e. The lowest BCUT2D eigenvalue weighted by Gasteiger charge is -2.31. The Morgan fingerprint density at radius 2 is 2.16 bits per heavy atom. The minimum absolute atomic E-state index is 0.150. The van der Waals surface area contributed by atoms with Crippen LogP contribution in [0.1, 0.15) is 18.4 Å². The number of methoxy groups -OCH3 is 1. The molecule has 104 valence electrons. The molecule has 1 aliphatic rings. The summed E-state index contributed by atoms with van der Waals surface area (Å²) in [6, 6.07) is 5.60. The maximum absolute atomic E-state index is 12.2. The average molecular weight is 347 g/mol. The number of benzene rings is 1. The Morgan fingerprint density at radius 1 is 1.47 bits per heavy atom. The van der Waals surface area contributed by atoms with Crippen LogP contribution in [-0.4, -0.2) is 37.1 Å². The molecule has 1 heterocycles. The first-order valence-electron chi connectivity index (χ1n) is 6.35. The molecule has 0 atom stereocenters. The van der Waals surface area contributed by atoms with Gasteiger partial charge in [-0.1, -0.05) is 23.7 Å². The van der Waals surface area contributed by atoms with Crippen LogP contribution >= 0.6 is 27.5 Å². The van der Waals surface area contributed by atoms with E-state index >= 15 is 0 Å². The Balaban J connectivity index is 1.96. The first kappa shape index (κ1) is 14.8. The van der Waals surface area contributed by atoms with Crippen molar-refractivity contribution in [3.8, 4) is 0 Å². The first-order valence-corrected chi connectivity index (χ1v) is 7.52. The largest absolute Gasteiger partial charge is 0.381 e. The van der Waals surface area contributed by atoms with E-state index in [0.717, 1.165) is 36.0 Å². The van der Waals surface area contributed by atoms with Crippen LogP contribution in [0.15, 0.2) is 22.7 Å². The maximum atomic E-state index is 12.2. The fourth-order valence-electron chi connectivity index (χ4n) is 2.30. The molecular formula is C14H17BrClNO2. The van der Waals surface area contributed by atoms with Crippen LogP contribution < -0.4 is 0 Å². The van der Waals surface area contributed by atoms with E-state index in [1.807, 2.05) is 23.1 Å². The zero-order valence-corrected chi connectivity index (χ0v) is 13.2. The quantitative estimate of drug-likeness (QED) is 0.840. The van der Waals surface area contributed by atoms with E-state index in [2.05, 4.69) is 15.9 Å². The van der Waals surface area contributed by atoms with E-state index < -0.39 is 0 Å². The van der Waals surface area contributed by atoms with Gasteiger partial charge in [-0.05, 0) is 40.4 Å². The van der Waals surface area contributed by atoms with E-state index in [1.54, 1.807) is 7.11 Å². The number of likely N-dealkylation sites (tertiary alicyclic amines) is 1. The van der Waals surface area contributed by atoms with Crippen LogP contribution in [0.3, 0.4) is 0 Å². The summed E-state index contributed by atoms with van der Waals surface area (Å²) in [6.45, 7) is 1.55. The molecule has 1 aromatic carbocycles. The lowest BCUT2D eigenvalue weighted by molar-refractivity contribution is -0.132. The fourth-order valence-corrected chi connectivity index (χ4v) is 2.90. The molecule has 19 heavy (non-hydrogen) atoms. The highest BCUT2D eigenvalue weighted by Gasteiger charge is 2.23. The summed E-state index contributed by atoms with van der Waals surface area (Å²) in [5.74, 6) is 0.150. The van der Waals surface area contributed by atoms with Crippen LogP contribution in [0.4, 0.5) is 0 Å². The van der Waals surface area contributed by atoms with Gasteiger partial charge in [-0.15, -0.1) is 0 Å². The summed E-state index contributed by atoms with van der Waals surface area (Å²) >= 11 is 9.46. The predicted molar refractivity (Wildman–Crippen MR) is 79.5 cm³/mol. The van der Waals surface area contributed by atoms with Crippen molar-refractivity contribution in [1.82, 2.24) is 4.90 Å². The third-order valence-corrected chi connectivity index (χ3v) is 4.98. The Kier molecular flexibility index (Phi) is 5.25. The van der Waals surface area contributed by atoms with Gasteiger partial charge in [0.05, 0.1) is 17.5 Å². The summed E-state index contributed by atoms with van der Waals surface area (Å²) in [5, 5.41) is 0.642. The Morgan fingerprint density at radius 3 is 2.79 bits per heavy atom. The van der Waals surface area contributed by atoms with Gasteiger partial charge in [-0.2, -0.15) is 0 Å². The van der Waals surface area contributed by atoms with Crippen LogP contribution in [0.5, 0.6) is 0 Å². The van der Waals surface area contributed by atoms with Crippen LogP contribution in [-0.2, 0) is 16.0 Å². The van der Waals surface area contributed by atoms with Crippen molar-refractivity contribution < 1.29 is 9.53 Å². The molecule has 0 aromatic heterocycles. The highest BCUT2D eigenvalue weighted by molar-refractivity contribution is 9.10. The monoisotopic (exact) mass is 345 g/mol. The van der Waals surface area contributed by atoms with Crippen LogP contribution in [0, 0.1) is 0 Å². The van der Waals surface area contributed by atoms with Crippen molar-refractivity contribution in [1.29, 1.82) is 0 Å². The van der Waals surface area contributed by atoms with E-state index in [-0.39, 0.29) is 5.91 Å². The first-order chi connectivity index (χ1) is 9.11. The second-order valence-electron chi connectivity index (χ2n) is 4.71. The highest BCUT2D eigenvalue weighted by atomic mass is 79.9. The fraction of sp³-hybridized carbons (Fsp3) is 0.500. The van der Waals surface area contributed by atoms with Gasteiger partial charge in [0.25, 0.3) is 0 Å². The highest BCUT2D eigenvalue weighted by Crippen LogP contribution is 2.27. The molecule has 0 bridgehead atoms. The predicted octanol–water partition coefficient (Wildman–Crippen LogP) is 3.28. The number of hydrogen-bond donors (Lipinski definition) is 0. The van der Waals surface area contributed by atoms with E-state index in [9.17, 15) is 4.79 Å². The van der Waals surface area contributed by atoms with Gasteiger partial charge in [0, 0.05) is 24.7 Å². The molecule has 0 aliphatic carbocycles. The third kappa shape index (κ3) is 3.71. The molecule has 1 saturated heterocycles. The third-order valence-electron chi connectivity index (χ3n) is 3.50. The molecular weight excluding hydrogens is 330 g/mol. The van der Waals surface area contributed by atoms with Gasteiger partial charge in [0.2, 0.25) is 5.91 Å². The molecule has 0 saturated carbocycles. The average Bonchev–Trinajstić information content (AvgIpc) is 2.44. The molecule has 0 radical (unpaired) electrons. The van der Waals surface area contributed by atoms with Crippen molar-refractivity contribution in [2.45, 2.75) is 25.4 Å². The number of rotatable bonds is 3. The number of piperidine rings is 1. The van der Waals surface area contributed by atoms with Gasteiger partial charge in [0.1, 0.15) is 0 Å². The Bertz CT molecular complexity index is 459. The number of halogens is 2. The summed E-state index contributed by atoms with van der Waals surface area (Å²) in [4.78, 5) is 14.2. The van der Waals surface area contributed by atoms with Gasteiger partial charge in [-0.3, -0.25) is 4.79 Å². The number of ether oxygens (including phenoxy) is 1. The van der Waals surface area contributed by atoms with E-state index in [0.29, 0.717) is 17.5 Å². The minimum atomic E-state index is 0.150. The van der Waals surface area contributed by atoms with Gasteiger partial charge >= 0.3 is 0 Å². The number of carbonyl (C=O) groups excluding carboxylic acids is 1. The summed E-state index contributed by atoms with van der Waals surface area (Å²) in [7, 11) is 1.73. The molecule has 2 rings (SSSR count). The normalized spacial score (nSPS) is 16.7. The second kappa shape index (κ2) is 6.73. The molecule has 0 N–H and O–H groups in total. The van der Waals surface area contributed by atoms with Crippen LogP contribution in [0.25, 0.3) is 0 Å². The molecule has 1 fully saturated rings. The zero-order valence-electron chi connectivity index (χ0n) is 10.9. The van der Waals surface area contributed by atoms with Crippen molar-refractivity contribution in [3.63, 3.8) is 0 Å². The Hall–Kier alpha value is -0.580. The minimum Gasteiger partial charge on any atom is -0.381 e. The van der Waals surface area contributed by atoms with Gasteiger partial charge < -0.3 is 9.64 Å². The smallest absolute Gasteiger partial charge is 0.227 e. The van der Waals surface area contributed by atoms with Gasteiger partial charge in [0.15, 0.2) is 0 Å². The van der Waals surface area contributed by atoms with Crippen molar-refractivity contribution >= 4 is 33.4 Å². The molecule has 3 nitrogen and oxygen atoms in total. The standard InChI is InChI=1S/C14H17BrClNO2/c1-19-11-5-7-17(8-6-11)13(18)9-10-3-2-4-12(16)14(10)15/h2-4,11H,5-9H2,1H3. The summed E-state index contributed by atoms with van der Waals surface area (Å²) in [5.41, 5.74) is 0.936. The lowest BCUT2D eigenvalue weighted by atomic mass is 10.1. The molecule has 0 spiro atoms. The molecule has 0 unspecified atom stereocenters. The van der Waals surface area contributed by atoms with Crippen molar-refractivity contribution in [3.05, 3.63) is 33.3 Å². The number of hydrogen-bond acceptors (Lipinski definition) is 2. The topological polar surface area (TPSA) is 29.5 Å². The van der Waals surface area contributed by atoms with E-state index in [1.165, 1.54) is 0 Å². The second-order valence-corrected chi connectivity index (χ2v) is 5.91. The number of amides is 1. The number of carbonyl (C=O) groups is 1. The zero-order chi connectivity index (χ0) is 13.8. The molecule has 5 heteroatoms. The lowest BCUT2D eigenvalue weighted by Crippen LogP contribution is -2.41. The van der Waals surface area contributed by atoms with Crippen molar-refractivity contribution in [2.75, 3.05) is 20.2 Å². The number of nitrogens with zero attached hydrogens (tertiary/aromatic N) is 1. The van der Waals surface area contributed by atoms with Crippen molar-refractivity contribution in [2.24, 2.45) is 0 Å². The van der Waals surface area contributed by atoms with Gasteiger partial charge in [-0.25, -0.2) is 0 Å². The summed E-state index contributed by atoms with van der Waals surface area (Å²) in [6.07, 6.45) is 2.51. The summed E-state index contributed by atoms with van der Waals surface area (Å²) < 4.78 is 6.13. The molecule has 1 aliphatic heterocycles. The Labute approximate surface area is 127 Å². The van der Waals surface area contributed by atoms with E-state index in [4.69, 9.17) is 16.3 Å². The molecule has 1 amide bonds. The van der Waals surface area contributed by atoms with Crippen LogP contribution in [0.2, 0.25) is 5.02 Å².